The van der Waals surface area contributed by atoms with Gasteiger partial charge in [0.25, 0.3) is 0 Å². The lowest BCUT2D eigenvalue weighted by atomic mass is 9.82. The quantitative estimate of drug-likeness (QED) is 0.505. The first kappa shape index (κ1) is 21.5. The van der Waals surface area contributed by atoms with E-state index in [0.717, 1.165) is 4.68 Å². The van der Waals surface area contributed by atoms with Gasteiger partial charge in [-0.05, 0) is 30.7 Å². The third kappa shape index (κ3) is 4.18. The van der Waals surface area contributed by atoms with Gasteiger partial charge in [0.2, 0.25) is 5.82 Å². The van der Waals surface area contributed by atoms with Crippen molar-refractivity contribution in [3.63, 3.8) is 0 Å². The third-order valence-electron chi connectivity index (χ3n) is 5.36. The van der Waals surface area contributed by atoms with E-state index >= 15 is 8.78 Å². The second kappa shape index (κ2) is 8.78. The first-order valence-corrected chi connectivity index (χ1v) is 10.3. The van der Waals surface area contributed by atoms with Gasteiger partial charge in [-0.15, -0.1) is 10.2 Å². The summed E-state index contributed by atoms with van der Waals surface area (Å²) in [6, 6.07) is 0. The zero-order chi connectivity index (χ0) is 22.6. The fraction of sp³-hybridized carbons (Fsp3) is 0.261. The molecule has 0 saturated carbocycles. The first-order chi connectivity index (χ1) is 15.5. The van der Waals surface area contributed by atoms with Gasteiger partial charge in [0.1, 0.15) is 0 Å². The van der Waals surface area contributed by atoms with Crippen LogP contribution in [0.4, 0.5) is 8.78 Å². The lowest BCUT2D eigenvalue weighted by Gasteiger charge is -2.24. The predicted molar refractivity (Wildman–Crippen MR) is 123 cm³/mol. The van der Waals surface area contributed by atoms with E-state index in [1.807, 2.05) is 25.2 Å². The maximum atomic E-state index is 15.9. The second-order valence-electron chi connectivity index (χ2n) is 7.50. The monoisotopic (exact) mass is 435 g/mol. The summed E-state index contributed by atoms with van der Waals surface area (Å²) in [4.78, 5) is 4.31. The van der Waals surface area contributed by atoms with E-state index in [9.17, 15) is 0 Å². The molecule has 0 spiro atoms. The van der Waals surface area contributed by atoms with Crippen LogP contribution in [0.1, 0.15) is 37.8 Å². The lowest BCUT2D eigenvalue weighted by Crippen LogP contribution is -2.23. The van der Waals surface area contributed by atoms with Crippen molar-refractivity contribution < 1.29 is 8.78 Å². The van der Waals surface area contributed by atoms with Crippen molar-refractivity contribution in [1.82, 2.24) is 20.3 Å². The minimum Gasteiger partial charge on any atom is -0.287 e. The Bertz CT molecular complexity index is 1150. The molecule has 0 radical (unpaired) electrons. The summed E-state index contributed by atoms with van der Waals surface area (Å²) >= 11 is 0. The number of hydrazone groups is 1. The Kier molecular flexibility index (Phi) is 5.89. The molecule has 1 atom stereocenters. The Morgan fingerprint density at radius 3 is 2.97 bits per heavy atom. The molecule has 0 amide bonds. The van der Waals surface area contributed by atoms with Crippen LogP contribution >= 0.6 is 0 Å². The number of aromatic nitrogens is 3. The van der Waals surface area contributed by atoms with Crippen LogP contribution in [0.3, 0.4) is 0 Å². The number of nitrogens with one attached hydrogen (secondary N) is 1. The highest BCUT2D eigenvalue weighted by atomic mass is 19.3. The minimum atomic E-state index is -3.42. The van der Waals surface area contributed by atoms with Crippen LogP contribution in [0.25, 0.3) is 6.08 Å². The SMILES string of the molecule is C=CN/N=C\CC1=Nn2c(nnc2C(F)(F)C2=CC3(CC)C=CC=NC(=C3)C=C2)C=CC1. The molecule has 1 unspecified atom stereocenters. The molecule has 3 heterocycles. The molecule has 1 N–H and O–H groups in total. The van der Waals surface area contributed by atoms with E-state index in [4.69, 9.17) is 0 Å². The summed E-state index contributed by atoms with van der Waals surface area (Å²) in [5, 5.41) is 16.1. The van der Waals surface area contributed by atoms with Crippen LogP contribution in [0.15, 0.2) is 81.8 Å². The number of rotatable bonds is 7. The van der Waals surface area contributed by atoms with Crippen LogP contribution in [0, 0.1) is 5.41 Å². The Labute approximate surface area is 184 Å². The Morgan fingerprint density at radius 1 is 1.28 bits per heavy atom. The van der Waals surface area contributed by atoms with Gasteiger partial charge < -0.3 is 0 Å². The number of nitrogens with zero attached hydrogens (tertiary/aromatic N) is 6. The highest BCUT2D eigenvalue weighted by Crippen LogP contribution is 2.43. The summed E-state index contributed by atoms with van der Waals surface area (Å²) in [6.45, 7) is 5.47. The Balaban J connectivity index is 1.74. The Morgan fingerprint density at radius 2 is 2.16 bits per heavy atom. The molecule has 1 aromatic heterocycles. The van der Waals surface area contributed by atoms with Gasteiger partial charge in [0.15, 0.2) is 5.82 Å². The minimum absolute atomic E-state index is 0.177. The first-order valence-electron chi connectivity index (χ1n) is 10.3. The number of halogens is 2. The molecule has 9 heteroatoms. The summed E-state index contributed by atoms with van der Waals surface area (Å²) in [5.74, 6) is -3.71. The molecule has 4 rings (SSSR count). The fourth-order valence-corrected chi connectivity index (χ4v) is 3.61. The van der Waals surface area contributed by atoms with Gasteiger partial charge in [0, 0.05) is 48.2 Å². The molecule has 2 aliphatic heterocycles. The summed E-state index contributed by atoms with van der Waals surface area (Å²) in [6.07, 6.45) is 19.8. The average Bonchev–Trinajstić information content (AvgIpc) is 2.95. The number of fused-ring (bicyclic) bond motifs is 2. The number of aliphatic imine (C=N–C) groups is 1. The fourth-order valence-electron chi connectivity index (χ4n) is 3.61. The lowest BCUT2D eigenvalue weighted by molar-refractivity contribution is 0.0276. The third-order valence-corrected chi connectivity index (χ3v) is 5.36. The molecular formula is C23H23F2N7. The highest BCUT2D eigenvalue weighted by molar-refractivity contribution is 5.96. The number of alkyl halides is 2. The van der Waals surface area contributed by atoms with Gasteiger partial charge >= 0.3 is 5.92 Å². The molecule has 1 aromatic rings. The van der Waals surface area contributed by atoms with Crippen molar-refractivity contribution in [2.75, 3.05) is 0 Å². The number of allylic oxidation sites excluding steroid dienone is 8. The molecule has 2 bridgehead atoms. The van der Waals surface area contributed by atoms with Crippen LogP contribution < -0.4 is 5.43 Å². The number of hydrogen-bond acceptors (Lipinski definition) is 6. The summed E-state index contributed by atoms with van der Waals surface area (Å²) < 4.78 is 32.8. The van der Waals surface area contributed by atoms with Crippen LogP contribution in [0.2, 0.25) is 0 Å². The molecule has 0 fully saturated rings. The predicted octanol–water partition coefficient (Wildman–Crippen LogP) is 4.52. The standard InChI is InChI=1S/C23H23F2N7/c1-3-22-12-6-13-26-19(16-22)10-9-17(15-22)23(24,25)21-30-29-20-8-5-7-18(31-32(20)21)11-14-28-27-4-2/h4-6,8-10,12-16,27H,2-3,7,11H2,1H3/b28-14-. The van der Waals surface area contributed by atoms with Gasteiger partial charge in [-0.2, -0.15) is 23.7 Å². The molecular weight excluding hydrogens is 412 g/mol. The van der Waals surface area contributed by atoms with E-state index in [2.05, 4.69) is 37.4 Å². The van der Waals surface area contributed by atoms with Crippen LogP contribution in [0.5, 0.6) is 0 Å². The molecule has 0 saturated heterocycles. The normalized spacial score (nSPS) is 21.9. The van der Waals surface area contributed by atoms with Gasteiger partial charge in [0.05, 0.1) is 5.70 Å². The maximum absolute atomic E-state index is 15.9. The zero-order valence-electron chi connectivity index (χ0n) is 17.6. The van der Waals surface area contributed by atoms with Crippen LogP contribution in [-0.2, 0) is 5.92 Å². The summed E-state index contributed by atoms with van der Waals surface area (Å²) in [7, 11) is 0. The Hall–Kier alpha value is -3.75. The molecule has 3 aliphatic rings. The smallest absolute Gasteiger partial charge is 0.287 e. The molecule has 164 valence electrons. The van der Waals surface area contributed by atoms with Crippen molar-refractivity contribution in [2.45, 2.75) is 32.1 Å². The average molecular weight is 435 g/mol. The molecule has 1 aliphatic carbocycles. The second-order valence-corrected chi connectivity index (χ2v) is 7.50. The van der Waals surface area contributed by atoms with Crippen LogP contribution in [-0.4, -0.2) is 33.0 Å². The van der Waals surface area contributed by atoms with Crippen molar-refractivity contribution in [3.05, 3.63) is 78.2 Å². The van der Waals surface area contributed by atoms with E-state index in [1.54, 1.807) is 36.7 Å². The molecule has 7 nitrogen and oxygen atoms in total. The largest absolute Gasteiger partial charge is 0.333 e. The van der Waals surface area contributed by atoms with Crippen molar-refractivity contribution >= 4 is 24.2 Å². The van der Waals surface area contributed by atoms with E-state index in [-0.39, 0.29) is 11.4 Å². The van der Waals surface area contributed by atoms with E-state index < -0.39 is 17.2 Å². The van der Waals surface area contributed by atoms with Crippen molar-refractivity contribution in [1.29, 1.82) is 0 Å². The number of hydrogen-bond donors (Lipinski definition) is 1. The maximum Gasteiger partial charge on any atom is 0.333 e. The van der Waals surface area contributed by atoms with E-state index in [0.29, 0.717) is 30.7 Å². The zero-order valence-corrected chi connectivity index (χ0v) is 17.6. The molecule has 0 aromatic carbocycles. The van der Waals surface area contributed by atoms with Gasteiger partial charge in [-0.3, -0.25) is 10.4 Å². The highest BCUT2D eigenvalue weighted by Gasteiger charge is 2.43. The van der Waals surface area contributed by atoms with Crippen molar-refractivity contribution in [2.24, 2.45) is 20.6 Å². The van der Waals surface area contributed by atoms with Crippen molar-refractivity contribution in [3.8, 4) is 0 Å². The van der Waals surface area contributed by atoms with Gasteiger partial charge in [-0.25, -0.2) is 0 Å². The topological polar surface area (TPSA) is 79.8 Å². The van der Waals surface area contributed by atoms with E-state index in [1.165, 1.54) is 12.3 Å². The summed E-state index contributed by atoms with van der Waals surface area (Å²) in [5.41, 5.74) is 3.05. The van der Waals surface area contributed by atoms with Gasteiger partial charge in [-0.1, -0.05) is 37.8 Å². The molecule has 32 heavy (non-hydrogen) atoms.